The van der Waals surface area contributed by atoms with Gasteiger partial charge in [0.05, 0.1) is 0 Å². The molecule has 0 unspecified atom stereocenters. The molecule has 0 N–H and O–H groups in total. The van der Waals surface area contributed by atoms with Crippen LogP contribution < -0.4 is 0 Å². The number of aryl methyl sites for hydroxylation is 2. The maximum atomic E-state index is 12.1. The summed E-state index contributed by atoms with van der Waals surface area (Å²) in [4.78, 5) is 25.6. The van der Waals surface area contributed by atoms with Gasteiger partial charge >= 0.3 is 11.9 Å². The normalized spacial score (nSPS) is 25.8. The van der Waals surface area contributed by atoms with Gasteiger partial charge in [0, 0.05) is 11.3 Å². The number of fused-ring (bicyclic) bond motifs is 1. The van der Waals surface area contributed by atoms with Gasteiger partial charge in [-0.2, -0.15) is 0 Å². The van der Waals surface area contributed by atoms with Crippen LogP contribution in [-0.4, -0.2) is 24.1 Å². The second-order valence-electron chi connectivity index (χ2n) is 5.50. The zero-order valence-electron chi connectivity index (χ0n) is 11.5. The van der Waals surface area contributed by atoms with Crippen LogP contribution in [0.1, 0.15) is 52.7 Å². The van der Waals surface area contributed by atoms with Crippen molar-refractivity contribution in [1.29, 1.82) is 0 Å². The van der Waals surface area contributed by atoms with E-state index in [9.17, 15) is 9.59 Å². The number of rotatable bonds is 2. The van der Waals surface area contributed by atoms with E-state index in [-0.39, 0.29) is 12.1 Å². The average molecular weight is 294 g/mol. The van der Waals surface area contributed by atoms with Gasteiger partial charge < -0.3 is 9.47 Å². The highest BCUT2D eigenvalue weighted by molar-refractivity contribution is 7.14. The minimum atomic E-state index is -0.737. The maximum absolute atomic E-state index is 12.1. The highest BCUT2D eigenvalue weighted by Gasteiger charge is 2.35. The fourth-order valence-electron chi connectivity index (χ4n) is 2.77. The Morgan fingerprint density at radius 1 is 1.35 bits per heavy atom. The lowest BCUT2D eigenvalue weighted by atomic mass is 10.1. The fraction of sp³-hybridized carbons (Fsp3) is 0.600. The number of carbonyl (C=O) groups excluding carboxylic acids is 2. The Morgan fingerprint density at radius 2 is 2.15 bits per heavy atom. The van der Waals surface area contributed by atoms with Crippen molar-refractivity contribution in [2.45, 2.75) is 57.7 Å². The number of thiophene rings is 1. The molecule has 108 valence electrons. The number of hydrogen-bond donors (Lipinski definition) is 0. The lowest BCUT2D eigenvalue weighted by Crippen LogP contribution is -2.22. The number of cyclic esters (lactones) is 1. The van der Waals surface area contributed by atoms with E-state index in [2.05, 4.69) is 0 Å². The molecule has 2 heterocycles. The molecule has 0 amide bonds. The molecule has 1 aromatic rings. The zero-order chi connectivity index (χ0) is 14.1. The molecule has 1 fully saturated rings. The third-order valence-electron chi connectivity index (χ3n) is 3.82. The van der Waals surface area contributed by atoms with Gasteiger partial charge in [0.25, 0.3) is 0 Å². The predicted molar refractivity (Wildman–Crippen MR) is 75.0 cm³/mol. The van der Waals surface area contributed by atoms with E-state index in [4.69, 9.17) is 9.47 Å². The number of ether oxygens (including phenoxy) is 2. The van der Waals surface area contributed by atoms with Gasteiger partial charge in [-0.25, -0.2) is 9.59 Å². The van der Waals surface area contributed by atoms with E-state index in [1.54, 1.807) is 6.92 Å². The first-order valence-electron chi connectivity index (χ1n) is 7.16. The molecule has 0 saturated carbocycles. The van der Waals surface area contributed by atoms with Gasteiger partial charge in [-0.05, 0) is 44.2 Å². The van der Waals surface area contributed by atoms with Gasteiger partial charge in [-0.3, -0.25) is 0 Å². The lowest BCUT2D eigenvalue weighted by molar-refractivity contribution is -0.147. The first kappa shape index (κ1) is 13.6. The summed E-state index contributed by atoms with van der Waals surface area (Å²) >= 11 is 1.52. The van der Waals surface area contributed by atoms with Gasteiger partial charge in [-0.15, -0.1) is 11.3 Å². The summed E-state index contributed by atoms with van der Waals surface area (Å²) < 4.78 is 10.3. The van der Waals surface area contributed by atoms with Crippen LogP contribution in [0.15, 0.2) is 6.07 Å². The van der Waals surface area contributed by atoms with Crippen LogP contribution in [0.3, 0.4) is 0 Å². The molecule has 4 nitrogen and oxygen atoms in total. The van der Waals surface area contributed by atoms with E-state index in [0.29, 0.717) is 11.3 Å². The summed E-state index contributed by atoms with van der Waals surface area (Å²) in [6.45, 7) is 1.80. The van der Waals surface area contributed by atoms with E-state index in [1.165, 1.54) is 41.0 Å². The second-order valence-corrected chi connectivity index (χ2v) is 6.63. The summed E-state index contributed by atoms with van der Waals surface area (Å²) in [5.74, 6) is -0.817. The molecule has 2 atom stereocenters. The van der Waals surface area contributed by atoms with Gasteiger partial charge in [-0.1, -0.05) is 6.42 Å². The van der Waals surface area contributed by atoms with Crippen LogP contribution in [0.4, 0.5) is 0 Å². The van der Waals surface area contributed by atoms with Crippen LogP contribution >= 0.6 is 11.3 Å². The molecule has 3 rings (SSSR count). The first-order valence-corrected chi connectivity index (χ1v) is 7.98. The Balaban J connectivity index is 1.70. The predicted octanol–water partition coefficient (Wildman–Crippen LogP) is 2.88. The number of esters is 2. The lowest BCUT2D eigenvalue weighted by Gasteiger charge is -2.06. The first-order chi connectivity index (χ1) is 9.63. The van der Waals surface area contributed by atoms with Crippen molar-refractivity contribution >= 4 is 23.3 Å². The molecule has 1 aromatic heterocycles. The monoisotopic (exact) mass is 294 g/mol. The molecule has 20 heavy (non-hydrogen) atoms. The molecule has 0 spiro atoms. The highest BCUT2D eigenvalue weighted by atomic mass is 32.1. The minimum absolute atomic E-state index is 0.166. The van der Waals surface area contributed by atoms with Crippen LogP contribution in [0.25, 0.3) is 0 Å². The maximum Gasteiger partial charge on any atom is 0.349 e. The van der Waals surface area contributed by atoms with Crippen molar-refractivity contribution in [2.24, 2.45) is 0 Å². The minimum Gasteiger partial charge on any atom is -0.460 e. The Labute approximate surface area is 122 Å². The van der Waals surface area contributed by atoms with Crippen LogP contribution in [-0.2, 0) is 27.1 Å². The Morgan fingerprint density at radius 3 is 2.90 bits per heavy atom. The number of carbonyl (C=O) groups is 2. The van der Waals surface area contributed by atoms with Crippen LogP contribution in [0, 0.1) is 0 Å². The topological polar surface area (TPSA) is 52.6 Å². The second kappa shape index (κ2) is 5.56. The molecule has 0 radical (unpaired) electrons. The Hall–Kier alpha value is -1.36. The summed E-state index contributed by atoms with van der Waals surface area (Å²) in [5, 5.41) is 0. The highest BCUT2D eigenvalue weighted by Crippen LogP contribution is 2.30. The molecule has 2 aliphatic rings. The standard InChI is InChI=1S/C15H18O4S/c1-9-7-11(14(16)18-9)19-15(17)13-8-10-5-3-2-4-6-12(10)20-13/h8-9,11H,2-7H2,1H3/t9-,11+/m0/s1. The van der Waals surface area contributed by atoms with Gasteiger partial charge in [0.2, 0.25) is 6.10 Å². The Kier molecular flexibility index (Phi) is 3.78. The molecule has 1 aliphatic heterocycles. The van der Waals surface area contributed by atoms with Crippen molar-refractivity contribution < 1.29 is 19.1 Å². The zero-order valence-corrected chi connectivity index (χ0v) is 12.3. The number of hydrogen-bond acceptors (Lipinski definition) is 5. The van der Waals surface area contributed by atoms with Crippen molar-refractivity contribution in [3.05, 3.63) is 21.4 Å². The van der Waals surface area contributed by atoms with E-state index < -0.39 is 12.1 Å². The quantitative estimate of drug-likeness (QED) is 0.621. The van der Waals surface area contributed by atoms with Crippen molar-refractivity contribution in [3.8, 4) is 0 Å². The molecule has 1 aliphatic carbocycles. The average Bonchev–Trinajstić information content (AvgIpc) is 2.86. The molecule has 0 bridgehead atoms. The summed E-state index contributed by atoms with van der Waals surface area (Å²) in [6.07, 6.45) is 5.28. The molecular formula is C15H18O4S. The third-order valence-corrected chi connectivity index (χ3v) is 5.04. The Bertz CT molecular complexity index is 510. The molecule has 5 heteroatoms. The summed E-state index contributed by atoms with van der Waals surface area (Å²) in [6, 6.07) is 1.94. The van der Waals surface area contributed by atoms with Crippen LogP contribution in [0.5, 0.6) is 0 Å². The largest absolute Gasteiger partial charge is 0.460 e. The van der Waals surface area contributed by atoms with Crippen LogP contribution in [0.2, 0.25) is 0 Å². The fourth-order valence-corrected chi connectivity index (χ4v) is 3.91. The van der Waals surface area contributed by atoms with E-state index in [1.807, 2.05) is 6.07 Å². The smallest absolute Gasteiger partial charge is 0.349 e. The van der Waals surface area contributed by atoms with E-state index >= 15 is 0 Å². The van der Waals surface area contributed by atoms with Gasteiger partial charge in [0.15, 0.2) is 0 Å². The van der Waals surface area contributed by atoms with Gasteiger partial charge in [0.1, 0.15) is 11.0 Å². The summed E-state index contributed by atoms with van der Waals surface area (Å²) in [7, 11) is 0. The SMILES string of the molecule is C[C@H]1C[C@@H](OC(=O)c2cc3c(s2)CCCCC3)C(=O)O1. The van der Waals surface area contributed by atoms with Crippen molar-refractivity contribution in [1.82, 2.24) is 0 Å². The molecule has 1 saturated heterocycles. The van der Waals surface area contributed by atoms with Crippen molar-refractivity contribution in [2.75, 3.05) is 0 Å². The molecular weight excluding hydrogens is 276 g/mol. The molecule has 0 aromatic carbocycles. The summed E-state index contributed by atoms with van der Waals surface area (Å²) in [5.41, 5.74) is 1.28. The van der Waals surface area contributed by atoms with Crippen molar-refractivity contribution in [3.63, 3.8) is 0 Å². The van der Waals surface area contributed by atoms with E-state index in [0.717, 1.165) is 12.8 Å². The third kappa shape index (κ3) is 2.73.